The zero-order chi connectivity index (χ0) is 14.8. The molecule has 1 heterocycles. The molecule has 0 aliphatic heterocycles. The number of thiazole rings is 1. The third-order valence-corrected chi connectivity index (χ3v) is 3.86. The largest absolute Gasteiger partial charge is 0.486 e. The van der Waals surface area contributed by atoms with Gasteiger partial charge in [-0.1, -0.05) is 39.0 Å². The number of aliphatic hydroxyl groups is 1. The van der Waals surface area contributed by atoms with Crippen LogP contribution in [0.2, 0.25) is 0 Å². The van der Waals surface area contributed by atoms with Crippen LogP contribution in [0.5, 0.6) is 5.75 Å². The van der Waals surface area contributed by atoms with E-state index in [0.29, 0.717) is 6.61 Å². The van der Waals surface area contributed by atoms with Crippen molar-refractivity contribution in [1.82, 2.24) is 4.98 Å². The van der Waals surface area contributed by atoms with Crippen molar-refractivity contribution in [2.24, 2.45) is 0 Å². The van der Waals surface area contributed by atoms with Crippen LogP contribution in [0, 0.1) is 0 Å². The fraction of sp³-hybridized carbons (Fsp3) is 0.438. The molecule has 108 valence electrons. The average molecular weight is 291 g/mol. The normalized spacial score (nSPS) is 13.2. The maximum atomic E-state index is 9.72. The van der Waals surface area contributed by atoms with Gasteiger partial charge in [-0.2, -0.15) is 0 Å². The molecular weight excluding hydrogens is 270 g/mol. The summed E-state index contributed by atoms with van der Waals surface area (Å²) >= 11 is 1.61. The van der Waals surface area contributed by atoms with Gasteiger partial charge in [0.25, 0.3) is 0 Å². The highest BCUT2D eigenvalue weighted by Gasteiger charge is 2.17. The van der Waals surface area contributed by atoms with Crippen molar-refractivity contribution < 1.29 is 9.84 Å². The van der Waals surface area contributed by atoms with Crippen LogP contribution in [0.4, 0.5) is 0 Å². The molecule has 3 nitrogen and oxygen atoms in total. The molecule has 0 bridgehead atoms. The number of hydrogen-bond acceptors (Lipinski definition) is 4. The first-order valence-corrected chi connectivity index (χ1v) is 7.60. The second-order valence-electron chi connectivity index (χ2n) is 5.88. The summed E-state index contributed by atoms with van der Waals surface area (Å²) in [6.45, 7) is 8.62. The van der Waals surface area contributed by atoms with E-state index in [2.05, 4.69) is 31.1 Å². The van der Waals surface area contributed by atoms with Gasteiger partial charge < -0.3 is 9.84 Å². The molecule has 1 atom stereocenters. The zero-order valence-electron chi connectivity index (χ0n) is 12.4. The lowest BCUT2D eigenvalue weighted by Gasteiger charge is -2.14. The number of para-hydroxylation sites is 1. The summed E-state index contributed by atoms with van der Waals surface area (Å²) in [7, 11) is 0. The first-order chi connectivity index (χ1) is 9.38. The van der Waals surface area contributed by atoms with Crippen molar-refractivity contribution in [2.75, 3.05) is 0 Å². The van der Waals surface area contributed by atoms with Gasteiger partial charge in [0, 0.05) is 16.4 Å². The number of rotatable bonds is 4. The van der Waals surface area contributed by atoms with E-state index < -0.39 is 6.10 Å². The van der Waals surface area contributed by atoms with Crippen LogP contribution >= 0.6 is 11.3 Å². The van der Waals surface area contributed by atoms with Crippen molar-refractivity contribution in [3.63, 3.8) is 0 Å². The SMILES string of the molecule is CC(O)c1ccccc1OCc1nc(C(C)(C)C)cs1. The van der Waals surface area contributed by atoms with Crippen LogP contribution in [-0.4, -0.2) is 10.1 Å². The molecule has 4 heteroatoms. The molecule has 0 spiro atoms. The molecule has 0 saturated heterocycles. The highest BCUT2D eigenvalue weighted by Crippen LogP contribution is 2.27. The summed E-state index contributed by atoms with van der Waals surface area (Å²) in [6.07, 6.45) is -0.535. The van der Waals surface area contributed by atoms with Gasteiger partial charge in [0.15, 0.2) is 0 Å². The quantitative estimate of drug-likeness (QED) is 0.923. The van der Waals surface area contributed by atoms with Crippen molar-refractivity contribution >= 4 is 11.3 Å². The van der Waals surface area contributed by atoms with Gasteiger partial charge in [-0.3, -0.25) is 0 Å². The Balaban J connectivity index is 2.08. The van der Waals surface area contributed by atoms with Crippen LogP contribution in [-0.2, 0) is 12.0 Å². The molecule has 2 aromatic rings. The fourth-order valence-corrected chi connectivity index (χ4v) is 2.75. The number of hydrogen-bond donors (Lipinski definition) is 1. The maximum Gasteiger partial charge on any atom is 0.140 e. The lowest BCUT2D eigenvalue weighted by Crippen LogP contribution is -2.11. The summed E-state index contributed by atoms with van der Waals surface area (Å²) in [4.78, 5) is 4.60. The molecule has 0 fully saturated rings. The van der Waals surface area contributed by atoms with Crippen LogP contribution in [0.25, 0.3) is 0 Å². The Labute approximate surface area is 124 Å². The minimum atomic E-state index is -0.535. The molecule has 0 aliphatic rings. The van der Waals surface area contributed by atoms with E-state index in [0.717, 1.165) is 22.0 Å². The highest BCUT2D eigenvalue weighted by atomic mass is 32.1. The van der Waals surface area contributed by atoms with Gasteiger partial charge >= 0.3 is 0 Å². The first-order valence-electron chi connectivity index (χ1n) is 6.72. The van der Waals surface area contributed by atoms with E-state index in [1.807, 2.05) is 24.3 Å². The summed E-state index contributed by atoms with van der Waals surface area (Å²) in [5.74, 6) is 0.718. The Kier molecular flexibility index (Phi) is 4.45. The standard InChI is InChI=1S/C16H21NO2S/c1-11(18)12-7-5-6-8-13(12)19-9-15-17-14(10-20-15)16(2,3)4/h5-8,10-11,18H,9H2,1-4H3. The molecule has 1 aromatic carbocycles. The van der Waals surface area contributed by atoms with Gasteiger partial charge in [-0.05, 0) is 13.0 Å². The summed E-state index contributed by atoms with van der Waals surface area (Å²) in [5.41, 5.74) is 1.96. The average Bonchev–Trinajstić information content (AvgIpc) is 2.85. The minimum absolute atomic E-state index is 0.0618. The number of aliphatic hydroxyl groups excluding tert-OH is 1. The zero-order valence-corrected chi connectivity index (χ0v) is 13.2. The number of nitrogens with zero attached hydrogens (tertiary/aromatic N) is 1. The molecule has 1 unspecified atom stereocenters. The lowest BCUT2D eigenvalue weighted by molar-refractivity contribution is 0.190. The molecule has 1 aromatic heterocycles. The maximum absolute atomic E-state index is 9.72. The molecule has 0 saturated carbocycles. The Morgan fingerprint density at radius 3 is 2.60 bits per heavy atom. The van der Waals surface area contributed by atoms with Crippen molar-refractivity contribution in [1.29, 1.82) is 0 Å². The summed E-state index contributed by atoms with van der Waals surface area (Å²) < 4.78 is 5.80. The van der Waals surface area contributed by atoms with E-state index >= 15 is 0 Å². The molecule has 2 rings (SSSR count). The number of aromatic nitrogens is 1. The Bertz CT molecular complexity index is 570. The number of ether oxygens (including phenoxy) is 1. The van der Waals surface area contributed by atoms with Crippen molar-refractivity contribution in [3.8, 4) is 5.75 Å². The van der Waals surface area contributed by atoms with Crippen molar-refractivity contribution in [2.45, 2.75) is 45.8 Å². The summed E-state index contributed by atoms with van der Waals surface area (Å²) in [5, 5.41) is 12.8. The van der Waals surface area contributed by atoms with Gasteiger partial charge in [0.05, 0.1) is 11.8 Å². The Hall–Kier alpha value is -1.39. The monoisotopic (exact) mass is 291 g/mol. The van der Waals surface area contributed by atoms with Crippen LogP contribution in [0.3, 0.4) is 0 Å². The van der Waals surface area contributed by atoms with Gasteiger partial charge in [-0.15, -0.1) is 11.3 Å². The lowest BCUT2D eigenvalue weighted by atomic mass is 9.93. The van der Waals surface area contributed by atoms with E-state index in [1.165, 1.54) is 0 Å². The van der Waals surface area contributed by atoms with E-state index in [1.54, 1.807) is 18.3 Å². The molecule has 0 aliphatic carbocycles. The van der Waals surface area contributed by atoms with Crippen LogP contribution in [0.15, 0.2) is 29.6 Å². The smallest absolute Gasteiger partial charge is 0.140 e. The Morgan fingerprint density at radius 2 is 2.00 bits per heavy atom. The highest BCUT2D eigenvalue weighted by molar-refractivity contribution is 7.09. The predicted octanol–water partition coefficient (Wildman–Crippen LogP) is 4.07. The molecule has 20 heavy (non-hydrogen) atoms. The minimum Gasteiger partial charge on any atom is -0.486 e. The van der Waals surface area contributed by atoms with Crippen LogP contribution in [0.1, 0.15) is 50.1 Å². The summed E-state index contributed by atoms with van der Waals surface area (Å²) in [6, 6.07) is 7.56. The van der Waals surface area contributed by atoms with Gasteiger partial charge in [0.2, 0.25) is 0 Å². The van der Waals surface area contributed by atoms with Gasteiger partial charge in [0.1, 0.15) is 17.4 Å². The second-order valence-corrected chi connectivity index (χ2v) is 6.82. The molecule has 1 N–H and O–H groups in total. The fourth-order valence-electron chi connectivity index (χ4n) is 1.82. The topological polar surface area (TPSA) is 42.4 Å². The third kappa shape index (κ3) is 3.58. The molecule has 0 radical (unpaired) electrons. The third-order valence-electron chi connectivity index (χ3n) is 3.04. The predicted molar refractivity (Wildman–Crippen MR) is 82.2 cm³/mol. The van der Waals surface area contributed by atoms with E-state index in [9.17, 15) is 5.11 Å². The molecular formula is C16H21NO2S. The Morgan fingerprint density at radius 1 is 1.30 bits per heavy atom. The van der Waals surface area contributed by atoms with Gasteiger partial charge in [-0.25, -0.2) is 4.98 Å². The molecule has 0 amide bonds. The van der Waals surface area contributed by atoms with E-state index in [4.69, 9.17) is 4.74 Å². The second kappa shape index (κ2) is 5.94. The van der Waals surface area contributed by atoms with E-state index in [-0.39, 0.29) is 5.41 Å². The number of benzene rings is 1. The first kappa shape index (κ1) is 15.0. The van der Waals surface area contributed by atoms with Crippen molar-refractivity contribution in [3.05, 3.63) is 45.9 Å². The van der Waals surface area contributed by atoms with Crippen LogP contribution < -0.4 is 4.74 Å².